The maximum atomic E-state index is 13.5. The smallest absolute Gasteiger partial charge is 0.323 e. The van der Waals surface area contributed by atoms with E-state index in [1.54, 1.807) is 4.90 Å². The second kappa shape index (κ2) is 9.61. The van der Waals surface area contributed by atoms with Gasteiger partial charge in [0.15, 0.2) is 0 Å². The molecular weight excluding hydrogens is 414 g/mol. The predicted octanol–water partition coefficient (Wildman–Crippen LogP) is 2.68. The summed E-state index contributed by atoms with van der Waals surface area (Å²) in [6.07, 6.45) is 7.88. The van der Waals surface area contributed by atoms with Crippen LogP contribution in [-0.2, 0) is 17.8 Å². The van der Waals surface area contributed by atoms with E-state index in [4.69, 9.17) is 0 Å². The molecule has 1 atom stereocenters. The molecule has 0 bridgehead atoms. The Balaban J connectivity index is 1.18. The molecule has 7 heteroatoms. The molecule has 1 N–H and O–H groups in total. The van der Waals surface area contributed by atoms with E-state index in [2.05, 4.69) is 44.4 Å². The zero-order valence-corrected chi connectivity index (χ0v) is 19.2. The number of hydrogen-bond acceptors (Lipinski definition) is 5. The van der Waals surface area contributed by atoms with Crippen molar-refractivity contribution in [2.24, 2.45) is 0 Å². The van der Waals surface area contributed by atoms with Crippen molar-refractivity contribution < 1.29 is 9.59 Å². The molecule has 0 saturated carbocycles. The van der Waals surface area contributed by atoms with E-state index < -0.39 is 5.54 Å². The molecule has 3 aliphatic heterocycles. The number of hydrogen-bond donors (Lipinski definition) is 1. The topological polar surface area (TPSA) is 68.8 Å². The van der Waals surface area contributed by atoms with Crippen molar-refractivity contribution in [3.05, 3.63) is 66.0 Å². The molecule has 1 aromatic carbocycles. The summed E-state index contributed by atoms with van der Waals surface area (Å²) in [5.41, 5.74) is 1.83. The van der Waals surface area contributed by atoms with Crippen LogP contribution in [0.15, 0.2) is 54.9 Å². The lowest BCUT2D eigenvalue weighted by Crippen LogP contribution is -2.56. The summed E-state index contributed by atoms with van der Waals surface area (Å²) in [4.78, 5) is 36.9. The second-order valence-corrected chi connectivity index (χ2v) is 9.65. The normalized spacial score (nSPS) is 23.8. The van der Waals surface area contributed by atoms with Crippen LogP contribution in [0.25, 0.3) is 0 Å². The number of imide groups is 1. The van der Waals surface area contributed by atoms with E-state index in [0.29, 0.717) is 12.8 Å². The number of nitrogens with one attached hydrogen (secondary N) is 1. The molecule has 2 aromatic rings. The number of benzene rings is 1. The first kappa shape index (κ1) is 22.0. The Bertz CT molecular complexity index is 959. The highest BCUT2D eigenvalue weighted by Gasteiger charge is 2.54. The van der Waals surface area contributed by atoms with E-state index in [1.165, 1.54) is 11.1 Å². The van der Waals surface area contributed by atoms with E-state index >= 15 is 0 Å². The fourth-order valence-corrected chi connectivity index (χ4v) is 5.53. The molecule has 5 rings (SSSR count). The minimum atomic E-state index is -0.715. The van der Waals surface area contributed by atoms with E-state index in [1.807, 2.05) is 30.6 Å². The Labute approximate surface area is 195 Å². The molecule has 3 amide bonds. The van der Waals surface area contributed by atoms with Gasteiger partial charge in [0.1, 0.15) is 5.54 Å². The number of rotatable bonds is 6. The summed E-state index contributed by atoms with van der Waals surface area (Å²) < 4.78 is 0. The van der Waals surface area contributed by atoms with Crippen LogP contribution >= 0.6 is 0 Å². The lowest BCUT2D eigenvalue weighted by molar-refractivity contribution is -0.135. The van der Waals surface area contributed by atoms with Gasteiger partial charge in [-0.3, -0.25) is 19.6 Å². The van der Waals surface area contributed by atoms with Gasteiger partial charge in [0.2, 0.25) is 0 Å². The van der Waals surface area contributed by atoms with Crippen molar-refractivity contribution in [3.63, 3.8) is 0 Å². The van der Waals surface area contributed by atoms with Gasteiger partial charge >= 0.3 is 6.03 Å². The third-order valence-corrected chi connectivity index (χ3v) is 7.46. The van der Waals surface area contributed by atoms with Crippen LogP contribution in [-0.4, -0.2) is 75.9 Å². The summed E-state index contributed by atoms with van der Waals surface area (Å²) >= 11 is 0. The Morgan fingerprint density at radius 2 is 1.70 bits per heavy atom. The number of carbonyl (C=O) groups is 2. The standard InChI is InChI=1S/C26H33N5O2/c32-24-26(11-17-29(18-12-26)16-10-21-5-2-1-3-6-21)28-25(33)31(24)23-7-4-15-30(20-23)19-22-8-13-27-14-9-22/h1-3,5-6,8-9,13-14,23H,4,7,10-12,15-20H2,(H,28,33)/t23-/m0/s1. The van der Waals surface area contributed by atoms with Crippen molar-refractivity contribution in [2.45, 2.75) is 50.2 Å². The number of nitrogens with zero attached hydrogens (tertiary/aromatic N) is 4. The maximum absolute atomic E-state index is 13.5. The molecule has 1 spiro atoms. The minimum Gasteiger partial charge on any atom is -0.323 e. The summed E-state index contributed by atoms with van der Waals surface area (Å²) in [5.74, 6) is -0.00836. The van der Waals surface area contributed by atoms with Crippen LogP contribution in [0.3, 0.4) is 0 Å². The highest BCUT2D eigenvalue weighted by Crippen LogP contribution is 2.32. The molecule has 3 aliphatic rings. The van der Waals surface area contributed by atoms with Crippen molar-refractivity contribution in [2.75, 3.05) is 32.7 Å². The molecule has 33 heavy (non-hydrogen) atoms. The zero-order chi connectivity index (χ0) is 22.7. The maximum Gasteiger partial charge on any atom is 0.325 e. The zero-order valence-electron chi connectivity index (χ0n) is 19.2. The summed E-state index contributed by atoms with van der Waals surface area (Å²) in [5, 5.41) is 3.11. The number of aromatic nitrogens is 1. The van der Waals surface area contributed by atoms with Crippen molar-refractivity contribution in [3.8, 4) is 0 Å². The summed E-state index contributed by atoms with van der Waals surface area (Å²) in [6.45, 7) is 5.21. The fraction of sp³-hybridized carbons (Fsp3) is 0.500. The number of piperidine rings is 2. The number of carbonyl (C=O) groups excluding carboxylic acids is 2. The first-order valence-electron chi connectivity index (χ1n) is 12.2. The van der Waals surface area contributed by atoms with Gasteiger partial charge in [-0.2, -0.15) is 0 Å². The molecule has 0 aliphatic carbocycles. The van der Waals surface area contributed by atoms with E-state index in [-0.39, 0.29) is 18.0 Å². The Morgan fingerprint density at radius 1 is 0.939 bits per heavy atom. The van der Waals surface area contributed by atoms with Crippen molar-refractivity contribution in [1.82, 2.24) is 25.0 Å². The first-order chi connectivity index (χ1) is 16.1. The first-order valence-corrected chi connectivity index (χ1v) is 12.2. The third-order valence-electron chi connectivity index (χ3n) is 7.46. The minimum absolute atomic E-state index is 0.00836. The lowest BCUT2D eigenvalue weighted by atomic mass is 9.87. The van der Waals surface area contributed by atoms with Gasteiger partial charge in [-0.1, -0.05) is 30.3 Å². The van der Waals surface area contributed by atoms with Crippen molar-refractivity contribution >= 4 is 11.9 Å². The van der Waals surface area contributed by atoms with Gasteiger partial charge in [-0.25, -0.2) is 4.79 Å². The monoisotopic (exact) mass is 447 g/mol. The van der Waals surface area contributed by atoms with Crippen LogP contribution in [0.4, 0.5) is 4.79 Å². The Kier molecular flexibility index (Phi) is 6.42. The fourth-order valence-electron chi connectivity index (χ4n) is 5.53. The van der Waals surface area contributed by atoms with Gasteiger partial charge in [-0.05, 0) is 61.9 Å². The largest absolute Gasteiger partial charge is 0.325 e. The van der Waals surface area contributed by atoms with Crippen LogP contribution in [0, 0.1) is 0 Å². The highest BCUT2D eigenvalue weighted by atomic mass is 16.2. The molecule has 0 radical (unpaired) electrons. The van der Waals surface area contributed by atoms with E-state index in [9.17, 15) is 9.59 Å². The van der Waals surface area contributed by atoms with E-state index in [0.717, 1.165) is 58.5 Å². The molecule has 174 valence electrons. The van der Waals surface area contributed by atoms with Gasteiger partial charge in [0, 0.05) is 45.1 Å². The molecule has 3 fully saturated rings. The van der Waals surface area contributed by atoms with Gasteiger partial charge < -0.3 is 10.2 Å². The predicted molar refractivity (Wildman–Crippen MR) is 126 cm³/mol. The molecule has 4 heterocycles. The van der Waals surface area contributed by atoms with Crippen LogP contribution < -0.4 is 5.32 Å². The second-order valence-electron chi connectivity index (χ2n) is 9.65. The number of likely N-dealkylation sites (tertiary alicyclic amines) is 2. The third kappa shape index (κ3) is 4.80. The summed E-state index contributed by atoms with van der Waals surface area (Å²) in [6, 6.07) is 14.3. The highest BCUT2D eigenvalue weighted by molar-refractivity contribution is 6.07. The average molecular weight is 448 g/mol. The number of urea groups is 1. The molecule has 1 aromatic heterocycles. The van der Waals surface area contributed by atoms with Crippen LogP contribution in [0.2, 0.25) is 0 Å². The van der Waals surface area contributed by atoms with Crippen LogP contribution in [0.1, 0.15) is 36.8 Å². The molecular formula is C26H33N5O2. The van der Waals surface area contributed by atoms with Gasteiger partial charge in [-0.15, -0.1) is 0 Å². The SMILES string of the molecule is O=C1NC2(CCN(CCc3ccccc3)CC2)C(=O)N1[C@H]1CCCN(Cc2ccncc2)C1. The molecule has 3 saturated heterocycles. The Hall–Kier alpha value is -2.77. The summed E-state index contributed by atoms with van der Waals surface area (Å²) in [7, 11) is 0. The Morgan fingerprint density at radius 3 is 2.45 bits per heavy atom. The van der Waals surface area contributed by atoms with Crippen LogP contribution in [0.5, 0.6) is 0 Å². The van der Waals surface area contributed by atoms with Crippen molar-refractivity contribution in [1.29, 1.82) is 0 Å². The lowest BCUT2D eigenvalue weighted by Gasteiger charge is -2.39. The average Bonchev–Trinajstić information content (AvgIpc) is 3.09. The molecule has 7 nitrogen and oxygen atoms in total. The molecule has 0 unspecified atom stereocenters. The number of pyridine rings is 1. The van der Waals surface area contributed by atoms with Gasteiger partial charge in [0.05, 0.1) is 6.04 Å². The number of amides is 3. The quantitative estimate of drug-likeness (QED) is 0.690. The van der Waals surface area contributed by atoms with Gasteiger partial charge in [0.25, 0.3) is 5.91 Å².